The number of nitrogens with zero attached hydrogens (tertiary/aromatic N) is 3. The summed E-state index contributed by atoms with van der Waals surface area (Å²) >= 11 is 1.65. The molecule has 0 aromatic carbocycles. The van der Waals surface area contributed by atoms with E-state index in [-0.39, 0.29) is 11.3 Å². The summed E-state index contributed by atoms with van der Waals surface area (Å²) in [4.78, 5) is 18.2. The van der Waals surface area contributed by atoms with Gasteiger partial charge in [-0.1, -0.05) is 6.92 Å². The molecule has 1 amide bonds. The van der Waals surface area contributed by atoms with Crippen LogP contribution in [0.5, 0.6) is 0 Å². The highest BCUT2D eigenvalue weighted by Gasteiger charge is 2.34. The molecule has 1 aliphatic rings. The molecule has 2 rings (SSSR count). The van der Waals surface area contributed by atoms with E-state index in [1.165, 1.54) is 0 Å². The fourth-order valence-corrected chi connectivity index (χ4v) is 3.35. The molecule has 1 aromatic heterocycles. The fraction of sp³-hybridized carbons (Fsp3) is 0.692. The standard InChI is InChI=1S/C13H21N3O2S/c1-3-8-18-9-4-6-16-11(17)10-19-13(16)12-14-5-7-15(12)2/h5,7,13H,3-4,6,8-10H2,1-2H3. The number of aromatic nitrogens is 2. The number of rotatable bonds is 7. The maximum absolute atomic E-state index is 11.9. The Morgan fingerprint density at radius 3 is 3.05 bits per heavy atom. The highest BCUT2D eigenvalue weighted by Crippen LogP contribution is 2.37. The highest BCUT2D eigenvalue weighted by atomic mass is 32.2. The van der Waals surface area contributed by atoms with Crippen molar-refractivity contribution in [3.8, 4) is 0 Å². The SMILES string of the molecule is CCCOCCCN1C(=O)CSC1c1nccn1C. The van der Waals surface area contributed by atoms with Crippen LogP contribution in [-0.2, 0) is 16.6 Å². The molecule has 1 fully saturated rings. The molecule has 1 atom stereocenters. The number of thioether (sulfide) groups is 1. The summed E-state index contributed by atoms with van der Waals surface area (Å²) in [7, 11) is 1.97. The Morgan fingerprint density at radius 2 is 2.37 bits per heavy atom. The lowest BCUT2D eigenvalue weighted by atomic mass is 10.3. The van der Waals surface area contributed by atoms with Gasteiger partial charge in [-0.15, -0.1) is 11.8 Å². The smallest absolute Gasteiger partial charge is 0.233 e. The van der Waals surface area contributed by atoms with Gasteiger partial charge in [-0.3, -0.25) is 4.79 Å². The van der Waals surface area contributed by atoms with Crippen molar-refractivity contribution in [3.05, 3.63) is 18.2 Å². The molecule has 2 heterocycles. The van der Waals surface area contributed by atoms with E-state index < -0.39 is 0 Å². The molecule has 0 spiro atoms. The molecular weight excluding hydrogens is 262 g/mol. The lowest BCUT2D eigenvalue weighted by Gasteiger charge is -2.23. The third-order valence-electron chi connectivity index (χ3n) is 3.08. The molecule has 5 nitrogen and oxygen atoms in total. The lowest BCUT2D eigenvalue weighted by Crippen LogP contribution is -2.31. The molecule has 0 bridgehead atoms. The van der Waals surface area contributed by atoms with Crippen molar-refractivity contribution in [2.75, 3.05) is 25.5 Å². The average molecular weight is 283 g/mol. The second kappa shape index (κ2) is 6.96. The molecule has 1 aromatic rings. The molecule has 1 aliphatic heterocycles. The van der Waals surface area contributed by atoms with Crippen LogP contribution in [0, 0.1) is 0 Å². The van der Waals surface area contributed by atoms with Crippen LogP contribution in [0.3, 0.4) is 0 Å². The molecule has 1 unspecified atom stereocenters. The minimum atomic E-state index is 0.0543. The Balaban J connectivity index is 1.89. The average Bonchev–Trinajstić information content (AvgIpc) is 2.96. The summed E-state index contributed by atoms with van der Waals surface area (Å²) in [5, 5.41) is 0.0543. The number of ether oxygens (including phenoxy) is 1. The quantitative estimate of drug-likeness (QED) is 0.716. The van der Waals surface area contributed by atoms with E-state index in [9.17, 15) is 4.79 Å². The van der Waals surface area contributed by atoms with Crippen LogP contribution in [0.25, 0.3) is 0 Å². The van der Waals surface area contributed by atoms with Gasteiger partial charge < -0.3 is 14.2 Å². The first kappa shape index (κ1) is 14.4. The van der Waals surface area contributed by atoms with Crippen LogP contribution in [0.4, 0.5) is 0 Å². The van der Waals surface area contributed by atoms with Crippen molar-refractivity contribution in [1.29, 1.82) is 0 Å². The summed E-state index contributed by atoms with van der Waals surface area (Å²) in [6.45, 7) is 4.35. The Labute approximate surface area is 118 Å². The molecule has 0 radical (unpaired) electrons. The number of amides is 1. The molecule has 0 saturated carbocycles. The van der Waals surface area contributed by atoms with Crippen LogP contribution >= 0.6 is 11.8 Å². The van der Waals surface area contributed by atoms with E-state index in [1.807, 2.05) is 22.7 Å². The van der Waals surface area contributed by atoms with Crippen LogP contribution in [-0.4, -0.2) is 45.9 Å². The van der Waals surface area contributed by atoms with Gasteiger partial charge in [-0.25, -0.2) is 4.98 Å². The number of carbonyl (C=O) groups is 1. The first-order chi connectivity index (χ1) is 9.24. The Bertz CT molecular complexity index is 422. The maximum Gasteiger partial charge on any atom is 0.233 e. The van der Waals surface area contributed by atoms with E-state index in [1.54, 1.807) is 18.0 Å². The third-order valence-corrected chi connectivity index (χ3v) is 4.28. The summed E-state index contributed by atoms with van der Waals surface area (Å²) < 4.78 is 7.44. The summed E-state index contributed by atoms with van der Waals surface area (Å²) in [5.41, 5.74) is 0. The van der Waals surface area contributed by atoms with E-state index in [0.717, 1.165) is 38.4 Å². The van der Waals surface area contributed by atoms with Crippen molar-refractivity contribution in [2.24, 2.45) is 7.05 Å². The Hall–Kier alpha value is -1.01. The van der Waals surface area contributed by atoms with Gasteiger partial charge in [0.15, 0.2) is 0 Å². The second-order valence-corrected chi connectivity index (χ2v) is 5.68. The molecular formula is C13H21N3O2S. The molecule has 1 saturated heterocycles. The van der Waals surface area contributed by atoms with Gasteiger partial charge in [0.05, 0.1) is 5.75 Å². The maximum atomic E-state index is 11.9. The van der Waals surface area contributed by atoms with Crippen molar-refractivity contribution < 1.29 is 9.53 Å². The monoisotopic (exact) mass is 283 g/mol. The van der Waals surface area contributed by atoms with E-state index >= 15 is 0 Å². The van der Waals surface area contributed by atoms with Gasteiger partial charge in [0.2, 0.25) is 5.91 Å². The third kappa shape index (κ3) is 3.51. The summed E-state index contributed by atoms with van der Waals surface area (Å²) in [6, 6.07) is 0. The van der Waals surface area contributed by atoms with Gasteiger partial charge in [0.1, 0.15) is 11.2 Å². The van der Waals surface area contributed by atoms with Gasteiger partial charge in [-0.2, -0.15) is 0 Å². The molecule has 0 aliphatic carbocycles. The predicted octanol–water partition coefficient (Wildman–Crippen LogP) is 1.81. The molecule has 106 valence electrons. The minimum Gasteiger partial charge on any atom is -0.381 e. The van der Waals surface area contributed by atoms with E-state index in [2.05, 4.69) is 11.9 Å². The van der Waals surface area contributed by atoms with E-state index in [0.29, 0.717) is 5.75 Å². The van der Waals surface area contributed by atoms with Crippen molar-refractivity contribution >= 4 is 17.7 Å². The zero-order chi connectivity index (χ0) is 13.7. The number of hydrogen-bond acceptors (Lipinski definition) is 4. The van der Waals surface area contributed by atoms with Gasteiger partial charge >= 0.3 is 0 Å². The number of carbonyl (C=O) groups excluding carboxylic acids is 1. The van der Waals surface area contributed by atoms with Crippen LogP contribution in [0.15, 0.2) is 12.4 Å². The van der Waals surface area contributed by atoms with Crippen LogP contribution < -0.4 is 0 Å². The first-order valence-corrected chi connectivity index (χ1v) is 7.75. The fourth-order valence-electron chi connectivity index (χ4n) is 2.11. The van der Waals surface area contributed by atoms with Crippen LogP contribution in [0.2, 0.25) is 0 Å². The van der Waals surface area contributed by atoms with Crippen molar-refractivity contribution in [3.63, 3.8) is 0 Å². The topological polar surface area (TPSA) is 47.4 Å². The zero-order valence-corrected chi connectivity index (χ0v) is 12.4. The minimum absolute atomic E-state index is 0.0543. The lowest BCUT2D eigenvalue weighted by molar-refractivity contribution is -0.128. The van der Waals surface area contributed by atoms with Crippen molar-refractivity contribution in [2.45, 2.75) is 25.1 Å². The molecule has 6 heteroatoms. The Morgan fingerprint density at radius 1 is 1.53 bits per heavy atom. The van der Waals surface area contributed by atoms with Gasteiger partial charge in [-0.05, 0) is 12.8 Å². The van der Waals surface area contributed by atoms with Gasteiger partial charge in [0.25, 0.3) is 0 Å². The Kier molecular flexibility index (Phi) is 5.27. The summed E-state index contributed by atoms with van der Waals surface area (Å²) in [5.74, 6) is 1.70. The predicted molar refractivity (Wildman–Crippen MR) is 75.8 cm³/mol. The van der Waals surface area contributed by atoms with Gasteiger partial charge in [0, 0.05) is 39.2 Å². The van der Waals surface area contributed by atoms with Crippen molar-refractivity contribution in [1.82, 2.24) is 14.5 Å². The summed E-state index contributed by atoms with van der Waals surface area (Å²) in [6.07, 6.45) is 5.62. The van der Waals surface area contributed by atoms with E-state index in [4.69, 9.17) is 4.74 Å². The first-order valence-electron chi connectivity index (χ1n) is 6.70. The molecule has 0 N–H and O–H groups in total. The number of hydrogen-bond donors (Lipinski definition) is 0. The zero-order valence-electron chi connectivity index (χ0n) is 11.5. The number of imidazole rings is 1. The molecule has 19 heavy (non-hydrogen) atoms. The largest absolute Gasteiger partial charge is 0.381 e. The highest BCUT2D eigenvalue weighted by molar-refractivity contribution is 8.00. The number of aryl methyl sites for hydroxylation is 1. The van der Waals surface area contributed by atoms with Crippen LogP contribution in [0.1, 0.15) is 31.0 Å². The second-order valence-electron chi connectivity index (χ2n) is 4.61. The normalized spacial score (nSPS) is 19.4.